The molecule has 0 bridgehead atoms. The summed E-state index contributed by atoms with van der Waals surface area (Å²) in [5, 5.41) is 11.3. The van der Waals surface area contributed by atoms with Gasteiger partial charge in [0, 0.05) is 44.2 Å². The van der Waals surface area contributed by atoms with Crippen molar-refractivity contribution in [3.8, 4) is 0 Å². The summed E-state index contributed by atoms with van der Waals surface area (Å²) in [4.78, 5) is 45.6. The molecule has 1 saturated heterocycles. The largest absolute Gasteiger partial charge is 0.416 e. The first kappa shape index (κ1) is 28.3. The molecule has 2 atom stereocenters. The molecule has 1 fully saturated rings. The van der Waals surface area contributed by atoms with Crippen LogP contribution in [0.15, 0.2) is 48.5 Å². The Morgan fingerprint density at radius 3 is 2.54 bits per heavy atom. The Labute approximate surface area is 236 Å². The molecule has 0 saturated carbocycles. The molecule has 2 aromatic carbocycles. The van der Waals surface area contributed by atoms with Crippen LogP contribution in [0.5, 0.6) is 0 Å². The van der Waals surface area contributed by atoms with Gasteiger partial charge in [-0.2, -0.15) is 17.6 Å². The van der Waals surface area contributed by atoms with Gasteiger partial charge < -0.3 is 9.80 Å². The number of nitro groups is 1. The lowest BCUT2D eigenvalue weighted by Crippen LogP contribution is -2.52. The van der Waals surface area contributed by atoms with Crippen molar-refractivity contribution in [2.75, 3.05) is 28.3 Å². The number of anilines is 3. The number of hydrogen-bond donors (Lipinski definition) is 0. The molecular weight excluding hydrogens is 570 g/mol. The van der Waals surface area contributed by atoms with E-state index >= 15 is 0 Å². The van der Waals surface area contributed by atoms with Gasteiger partial charge in [0.05, 0.1) is 26.9 Å². The maximum atomic E-state index is 14.5. The second-order valence-electron chi connectivity index (χ2n) is 9.95. The highest BCUT2D eigenvalue weighted by Gasteiger charge is 2.49. The van der Waals surface area contributed by atoms with Crippen molar-refractivity contribution >= 4 is 46.3 Å². The third-order valence-corrected chi connectivity index (χ3v) is 7.51. The van der Waals surface area contributed by atoms with Crippen molar-refractivity contribution < 1.29 is 32.1 Å². The van der Waals surface area contributed by atoms with Crippen LogP contribution in [-0.2, 0) is 22.3 Å². The van der Waals surface area contributed by atoms with E-state index in [1.807, 2.05) is 0 Å². The highest BCUT2D eigenvalue weighted by molar-refractivity contribution is 6.34. The van der Waals surface area contributed by atoms with Crippen LogP contribution in [0.1, 0.15) is 23.2 Å². The lowest BCUT2D eigenvalue weighted by molar-refractivity contribution is -0.387. The van der Waals surface area contributed by atoms with Gasteiger partial charge in [0.25, 0.3) is 0 Å². The number of carbonyl (C=O) groups is 2. The number of amides is 2. The van der Waals surface area contributed by atoms with Crippen LogP contribution in [0.2, 0.25) is 5.02 Å². The summed E-state index contributed by atoms with van der Waals surface area (Å²) in [5.41, 5.74) is -0.525. The fraction of sp³-hybridized carbons (Fsp3) is 0.296. The summed E-state index contributed by atoms with van der Waals surface area (Å²) in [6.07, 6.45) is -4.87. The average Bonchev–Trinajstić information content (AvgIpc) is 3.20. The maximum absolute atomic E-state index is 14.5. The number of aryl methyl sites for hydroxylation is 1. The Kier molecular flexibility index (Phi) is 7.10. The molecule has 0 unspecified atom stereocenters. The van der Waals surface area contributed by atoms with Gasteiger partial charge in [-0.05, 0) is 42.8 Å². The van der Waals surface area contributed by atoms with Gasteiger partial charge in [-0.25, -0.2) is 4.98 Å². The molecule has 2 amide bonds. The van der Waals surface area contributed by atoms with Crippen molar-refractivity contribution in [1.82, 2.24) is 4.98 Å². The Bertz CT molecular complexity index is 1580. The summed E-state index contributed by atoms with van der Waals surface area (Å²) in [6.45, 7) is 1.41. The number of carbonyl (C=O) groups excluding carboxylic acids is 2. The van der Waals surface area contributed by atoms with E-state index in [1.54, 1.807) is 23.1 Å². The van der Waals surface area contributed by atoms with Crippen LogP contribution in [0, 0.1) is 28.8 Å². The standard InChI is InChI=1S/C27H22ClF4N5O4/c1-14-8-17(27(30,31)32)11-22(33-14)36-23(38)10-16-13-35(12-15-6-7-20(37(40)41)19(29)9-15)25-18(28)4-3-5-21(25)34(2)26(39)24(16)36/h3-9,11,16,24H,10,12-13H2,1-2H3/t16-,24+/m1/s1. The van der Waals surface area contributed by atoms with Gasteiger partial charge in [0.2, 0.25) is 17.6 Å². The van der Waals surface area contributed by atoms with E-state index in [0.717, 1.165) is 29.2 Å². The van der Waals surface area contributed by atoms with Gasteiger partial charge in [0.15, 0.2) is 0 Å². The summed E-state index contributed by atoms with van der Waals surface area (Å²) in [7, 11) is 1.47. The van der Waals surface area contributed by atoms with Crippen LogP contribution in [-0.4, -0.2) is 41.4 Å². The number of para-hydroxylation sites is 1. The van der Waals surface area contributed by atoms with E-state index in [2.05, 4.69) is 4.98 Å². The summed E-state index contributed by atoms with van der Waals surface area (Å²) in [5.74, 6) is -3.14. The van der Waals surface area contributed by atoms with Crippen molar-refractivity contribution in [3.63, 3.8) is 0 Å². The zero-order valence-electron chi connectivity index (χ0n) is 21.7. The van der Waals surface area contributed by atoms with E-state index in [1.165, 1.54) is 24.9 Å². The number of rotatable bonds is 4. The average molecular weight is 592 g/mol. The first-order valence-corrected chi connectivity index (χ1v) is 12.8. The lowest BCUT2D eigenvalue weighted by atomic mass is 9.95. The third kappa shape index (κ3) is 5.17. The Hall–Kier alpha value is -4.26. The van der Waals surface area contributed by atoms with E-state index in [9.17, 15) is 37.3 Å². The molecular formula is C27H22ClF4N5O4. The van der Waals surface area contributed by atoms with Gasteiger partial charge in [-0.3, -0.25) is 24.6 Å². The minimum Gasteiger partial charge on any atom is -0.364 e. The van der Waals surface area contributed by atoms with Crippen molar-refractivity contribution in [1.29, 1.82) is 0 Å². The molecule has 41 heavy (non-hydrogen) atoms. The van der Waals surface area contributed by atoms with Crippen molar-refractivity contribution in [2.24, 2.45) is 5.92 Å². The summed E-state index contributed by atoms with van der Waals surface area (Å²) in [6, 6.07) is 8.72. The number of pyridine rings is 1. The lowest BCUT2D eigenvalue weighted by Gasteiger charge is -2.39. The van der Waals surface area contributed by atoms with Gasteiger partial charge in [-0.1, -0.05) is 23.7 Å². The molecule has 1 aromatic heterocycles. The molecule has 14 heteroatoms. The number of halogens is 5. The third-order valence-electron chi connectivity index (χ3n) is 7.21. The topological polar surface area (TPSA) is 99.9 Å². The number of likely N-dealkylation sites (N-methyl/N-ethyl adjacent to an activating group) is 1. The minimum atomic E-state index is -4.70. The Balaban J connectivity index is 1.60. The molecule has 0 N–H and O–H groups in total. The normalized spacial score (nSPS) is 19.1. The Morgan fingerprint density at radius 1 is 1.15 bits per heavy atom. The number of benzene rings is 2. The maximum Gasteiger partial charge on any atom is 0.416 e. The predicted molar refractivity (Wildman–Crippen MR) is 142 cm³/mol. The van der Waals surface area contributed by atoms with E-state index in [0.29, 0.717) is 16.9 Å². The second kappa shape index (κ2) is 10.3. The molecule has 214 valence electrons. The van der Waals surface area contributed by atoms with Crippen LogP contribution < -0.4 is 14.7 Å². The monoisotopic (exact) mass is 591 g/mol. The number of hydrogen-bond acceptors (Lipinski definition) is 6. The highest BCUT2D eigenvalue weighted by Crippen LogP contribution is 2.43. The van der Waals surface area contributed by atoms with Crippen molar-refractivity contribution in [2.45, 2.75) is 32.1 Å². The molecule has 0 radical (unpaired) electrons. The van der Waals surface area contributed by atoms with E-state index < -0.39 is 51.9 Å². The molecule has 5 rings (SSSR count). The molecule has 2 aliphatic rings. The predicted octanol–water partition coefficient (Wildman–Crippen LogP) is 5.51. The van der Waals surface area contributed by atoms with Gasteiger partial charge in [-0.15, -0.1) is 0 Å². The van der Waals surface area contributed by atoms with Crippen LogP contribution >= 0.6 is 11.6 Å². The first-order chi connectivity index (χ1) is 19.3. The zero-order chi connectivity index (χ0) is 29.8. The number of nitro benzene ring substituents is 1. The quantitative estimate of drug-likeness (QED) is 0.225. The van der Waals surface area contributed by atoms with Crippen LogP contribution in [0.4, 0.5) is 40.4 Å². The fourth-order valence-electron chi connectivity index (χ4n) is 5.43. The van der Waals surface area contributed by atoms with Gasteiger partial charge >= 0.3 is 11.9 Å². The molecule has 2 aliphatic heterocycles. The van der Waals surface area contributed by atoms with Crippen molar-refractivity contribution in [3.05, 3.63) is 86.3 Å². The summed E-state index contributed by atoms with van der Waals surface area (Å²) < 4.78 is 55.2. The minimum absolute atomic E-state index is 0.00596. The summed E-state index contributed by atoms with van der Waals surface area (Å²) >= 11 is 6.58. The van der Waals surface area contributed by atoms with Crippen LogP contribution in [0.25, 0.3) is 0 Å². The molecule has 0 aliphatic carbocycles. The Morgan fingerprint density at radius 2 is 1.88 bits per heavy atom. The number of aromatic nitrogens is 1. The number of fused-ring (bicyclic) bond motifs is 2. The SMILES string of the molecule is Cc1cc(C(F)(F)F)cc(N2C(=O)C[C@@H]3CN(Cc4ccc([N+](=O)[O-])c(F)c4)c4c(Cl)cccc4N(C)C(=O)[C@H]32)n1. The first-order valence-electron chi connectivity index (χ1n) is 12.4. The molecule has 3 aromatic rings. The van der Waals surface area contributed by atoms with E-state index in [4.69, 9.17) is 11.6 Å². The highest BCUT2D eigenvalue weighted by atomic mass is 35.5. The van der Waals surface area contributed by atoms with E-state index in [-0.39, 0.29) is 36.0 Å². The molecule has 9 nitrogen and oxygen atoms in total. The number of alkyl halides is 3. The van der Waals surface area contributed by atoms with Gasteiger partial charge in [0.1, 0.15) is 11.9 Å². The van der Waals surface area contributed by atoms with Crippen LogP contribution in [0.3, 0.4) is 0 Å². The molecule has 3 heterocycles. The number of nitrogens with zero attached hydrogens (tertiary/aromatic N) is 5. The molecule has 0 spiro atoms. The second-order valence-corrected chi connectivity index (χ2v) is 10.4. The zero-order valence-corrected chi connectivity index (χ0v) is 22.4. The fourth-order valence-corrected chi connectivity index (χ4v) is 5.71. The smallest absolute Gasteiger partial charge is 0.364 e.